The summed E-state index contributed by atoms with van der Waals surface area (Å²) in [4.78, 5) is 10.8. The predicted octanol–water partition coefficient (Wildman–Crippen LogP) is 3.24. The van der Waals surface area contributed by atoms with Gasteiger partial charge in [-0.05, 0) is 35.9 Å². The summed E-state index contributed by atoms with van der Waals surface area (Å²) in [6, 6.07) is 11.4. The molecule has 0 amide bonds. The van der Waals surface area contributed by atoms with Gasteiger partial charge in [0.2, 0.25) is 0 Å². The van der Waals surface area contributed by atoms with Crippen LogP contribution in [0.1, 0.15) is 11.1 Å². The number of carbonyl (C=O) groups excluding carboxylic acids is 1. The number of aliphatic carboxylic acids is 1. The Morgan fingerprint density at radius 2 is 2.00 bits per heavy atom. The fraction of sp³-hybridized carbons (Fsp3) is 0.111. The van der Waals surface area contributed by atoms with E-state index in [1.54, 1.807) is 42.5 Å². The second-order valence-electron chi connectivity index (χ2n) is 4.89. The summed E-state index contributed by atoms with van der Waals surface area (Å²) in [6.07, 6.45) is 1.19. The highest BCUT2D eigenvalue weighted by atomic mass is 35.5. The molecule has 0 aliphatic rings. The number of nitrogens with zero attached hydrogens (tertiary/aromatic N) is 1. The first-order valence-corrected chi connectivity index (χ1v) is 7.78. The first-order chi connectivity index (χ1) is 11.9. The van der Waals surface area contributed by atoms with E-state index in [4.69, 9.17) is 37.9 Å². The maximum Gasteiger partial charge on any atom is 0.161 e. The number of carbonyl (C=O) groups is 1. The van der Waals surface area contributed by atoms with Crippen molar-refractivity contribution in [1.82, 2.24) is 0 Å². The number of rotatable bonds is 6. The Labute approximate surface area is 154 Å². The summed E-state index contributed by atoms with van der Waals surface area (Å²) >= 11 is 12.0. The van der Waals surface area contributed by atoms with E-state index in [0.717, 1.165) is 5.56 Å². The molecule has 2 aromatic rings. The zero-order chi connectivity index (χ0) is 18.4. The molecule has 2 aromatic carbocycles. The van der Waals surface area contributed by atoms with E-state index >= 15 is 0 Å². The van der Waals surface area contributed by atoms with Crippen molar-refractivity contribution < 1.29 is 19.4 Å². The molecule has 0 unspecified atom stereocenters. The number of hydrogen-bond donors (Lipinski definition) is 0. The van der Waals surface area contributed by atoms with Crippen molar-refractivity contribution in [3.8, 4) is 17.6 Å². The van der Waals surface area contributed by atoms with Gasteiger partial charge in [-0.1, -0.05) is 35.3 Å². The van der Waals surface area contributed by atoms with Gasteiger partial charge in [0.15, 0.2) is 11.5 Å². The van der Waals surface area contributed by atoms with Crippen LogP contribution in [0.2, 0.25) is 10.0 Å². The third-order valence-corrected chi connectivity index (χ3v) is 3.82. The van der Waals surface area contributed by atoms with Crippen LogP contribution < -0.4 is 14.6 Å². The van der Waals surface area contributed by atoms with Crippen molar-refractivity contribution in [2.24, 2.45) is 0 Å². The van der Waals surface area contributed by atoms with Crippen molar-refractivity contribution in [3.05, 3.63) is 63.1 Å². The lowest BCUT2D eigenvalue weighted by molar-refractivity contribution is -0.298. The molecule has 0 bridgehead atoms. The van der Waals surface area contributed by atoms with E-state index in [2.05, 4.69) is 0 Å². The van der Waals surface area contributed by atoms with E-state index in [1.165, 1.54) is 13.2 Å². The van der Waals surface area contributed by atoms with E-state index in [1.807, 2.05) is 0 Å². The van der Waals surface area contributed by atoms with E-state index in [-0.39, 0.29) is 6.61 Å². The minimum Gasteiger partial charge on any atom is -0.544 e. The van der Waals surface area contributed by atoms with Crippen molar-refractivity contribution in [1.29, 1.82) is 5.26 Å². The third-order valence-electron chi connectivity index (χ3n) is 3.24. The largest absolute Gasteiger partial charge is 0.544 e. The van der Waals surface area contributed by atoms with Gasteiger partial charge in [-0.25, -0.2) is 0 Å². The number of halogens is 2. The van der Waals surface area contributed by atoms with E-state index in [0.29, 0.717) is 27.1 Å². The van der Waals surface area contributed by atoms with Gasteiger partial charge in [-0.15, -0.1) is 0 Å². The summed E-state index contributed by atoms with van der Waals surface area (Å²) in [5.41, 5.74) is 0.735. The fourth-order valence-corrected chi connectivity index (χ4v) is 2.45. The van der Waals surface area contributed by atoms with Gasteiger partial charge in [-0.2, -0.15) is 5.26 Å². The van der Waals surface area contributed by atoms with Gasteiger partial charge >= 0.3 is 0 Å². The zero-order valence-electron chi connectivity index (χ0n) is 13.1. The van der Waals surface area contributed by atoms with Crippen molar-refractivity contribution >= 4 is 35.2 Å². The summed E-state index contributed by atoms with van der Waals surface area (Å²) in [6.45, 7) is 0.198. The molecule has 0 aliphatic heterocycles. The lowest BCUT2D eigenvalue weighted by Gasteiger charge is -2.12. The third kappa shape index (κ3) is 4.90. The van der Waals surface area contributed by atoms with Crippen LogP contribution in [0.4, 0.5) is 0 Å². The van der Waals surface area contributed by atoms with Gasteiger partial charge in [-0.3, -0.25) is 0 Å². The quantitative estimate of drug-likeness (QED) is 0.570. The molecule has 7 heteroatoms. The average Bonchev–Trinajstić information content (AvgIpc) is 2.59. The Hall–Kier alpha value is -2.68. The second-order valence-corrected chi connectivity index (χ2v) is 5.74. The number of carboxylic acids is 1. The zero-order valence-corrected chi connectivity index (χ0v) is 14.6. The second kappa shape index (κ2) is 8.43. The molecule has 0 saturated heterocycles. The summed E-state index contributed by atoms with van der Waals surface area (Å²) in [5.74, 6) is -0.716. The minimum absolute atomic E-state index is 0.198. The Kier molecular flexibility index (Phi) is 6.29. The van der Waals surface area contributed by atoms with Crippen LogP contribution in [0.15, 0.2) is 42.0 Å². The molecule has 25 heavy (non-hydrogen) atoms. The van der Waals surface area contributed by atoms with Gasteiger partial charge in [0, 0.05) is 15.6 Å². The van der Waals surface area contributed by atoms with Crippen molar-refractivity contribution in [2.75, 3.05) is 7.11 Å². The number of ether oxygens (including phenoxy) is 2. The summed E-state index contributed by atoms with van der Waals surface area (Å²) in [7, 11) is 1.45. The van der Waals surface area contributed by atoms with Crippen LogP contribution in [0.3, 0.4) is 0 Å². The molecule has 0 fully saturated rings. The predicted molar refractivity (Wildman–Crippen MR) is 92.4 cm³/mol. The Morgan fingerprint density at radius 3 is 2.60 bits per heavy atom. The molecule has 2 rings (SSSR count). The SMILES string of the molecule is COc1cc(/C=C(\C#N)C(=O)[O-])ccc1OCc1ccc(Cl)cc1Cl. The monoisotopic (exact) mass is 376 g/mol. The van der Waals surface area contributed by atoms with Crippen molar-refractivity contribution in [2.45, 2.75) is 6.61 Å². The highest BCUT2D eigenvalue weighted by molar-refractivity contribution is 6.35. The number of benzene rings is 2. The maximum absolute atomic E-state index is 10.8. The molecule has 128 valence electrons. The van der Waals surface area contributed by atoms with Crippen LogP contribution in [-0.2, 0) is 11.4 Å². The van der Waals surface area contributed by atoms with Crippen LogP contribution in [0, 0.1) is 11.3 Å². The Balaban J connectivity index is 2.22. The average molecular weight is 377 g/mol. The smallest absolute Gasteiger partial charge is 0.161 e. The lowest BCUT2D eigenvalue weighted by atomic mass is 10.1. The molecule has 0 spiro atoms. The van der Waals surface area contributed by atoms with Gasteiger partial charge in [0.25, 0.3) is 0 Å². The summed E-state index contributed by atoms with van der Waals surface area (Å²) in [5, 5.41) is 20.6. The van der Waals surface area contributed by atoms with Crippen LogP contribution in [0.25, 0.3) is 6.08 Å². The molecule has 0 heterocycles. The number of hydrogen-bond acceptors (Lipinski definition) is 5. The highest BCUT2D eigenvalue weighted by Crippen LogP contribution is 2.30. The Bertz CT molecular complexity index is 872. The maximum atomic E-state index is 10.8. The van der Waals surface area contributed by atoms with Gasteiger partial charge < -0.3 is 19.4 Å². The minimum atomic E-state index is -1.54. The number of methoxy groups -OCH3 is 1. The molecule has 0 N–H and O–H groups in total. The van der Waals surface area contributed by atoms with Crippen molar-refractivity contribution in [3.63, 3.8) is 0 Å². The lowest BCUT2D eigenvalue weighted by Crippen LogP contribution is -2.23. The fourth-order valence-electron chi connectivity index (χ4n) is 1.99. The molecular formula is C18H12Cl2NO4-. The van der Waals surface area contributed by atoms with Gasteiger partial charge in [0.1, 0.15) is 12.7 Å². The van der Waals surface area contributed by atoms with Crippen LogP contribution >= 0.6 is 23.2 Å². The summed E-state index contributed by atoms with van der Waals surface area (Å²) < 4.78 is 10.9. The van der Waals surface area contributed by atoms with Crippen LogP contribution in [-0.4, -0.2) is 13.1 Å². The molecule has 5 nitrogen and oxygen atoms in total. The van der Waals surface area contributed by atoms with Crippen LogP contribution in [0.5, 0.6) is 11.5 Å². The Morgan fingerprint density at radius 1 is 1.24 bits per heavy atom. The number of carboxylic acid groups (broad SMARTS) is 1. The first kappa shape index (κ1) is 18.7. The first-order valence-electron chi connectivity index (χ1n) is 7.02. The highest BCUT2D eigenvalue weighted by Gasteiger charge is 2.08. The van der Waals surface area contributed by atoms with Gasteiger partial charge in [0.05, 0.1) is 18.7 Å². The molecular weight excluding hydrogens is 365 g/mol. The number of nitriles is 1. The molecule has 0 aliphatic carbocycles. The standard InChI is InChI=1S/C18H13Cl2NO4/c1-24-17-7-11(6-13(9-21)18(22)23)2-5-16(17)25-10-12-3-4-14(19)8-15(12)20/h2-8H,10H2,1H3,(H,22,23)/p-1/b13-6+. The molecule has 0 saturated carbocycles. The topological polar surface area (TPSA) is 82.4 Å². The molecule has 0 atom stereocenters. The van der Waals surface area contributed by atoms with E-state index < -0.39 is 11.5 Å². The normalized spacial score (nSPS) is 10.9. The molecule has 0 radical (unpaired) electrons. The molecule has 0 aromatic heterocycles. The van der Waals surface area contributed by atoms with E-state index in [9.17, 15) is 9.90 Å².